The van der Waals surface area contributed by atoms with Gasteiger partial charge in [0.05, 0.1) is 10.8 Å². The Morgan fingerprint density at radius 1 is 0.591 bits per heavy atom. The van der Waals surface area contributed by atoms with Crippen molar-refractivity contribution in [2.45, 2.75) is 101 Å². The van der Waals surface area contributed by atoms with E-state index in [0.717, 1.165) is 25.7 Å². The molecule has 0 bridgehead atoms. The molecule has 1 nitrogen and oxygen atoms in total. The third-order valence-electron chi connectivity index (χ3n) is 5.67. The van der Waals surface area contributed by atoms with E-state index >= 15 is 0 Å². The van der Waals surface area contributed by atoms with Crippen molar-refractivity contribution in [2.75, 3.05) is 0 Å². The second kappa shape index (κ2) is 10.2. The lowest BCUT2D eigenvalue weighted by Gasteiger charge is -2.28. The number of Topliss-reactive ketones (excluding diaryl/α,β-unsaturated/α-hetero) is 1. The van der Waals surface area contributed by atoms with Crippen LogP contribution in [0.5, 0.6) is 0 Å². The maximum absolute atomic E-state index is 12.8. The zero-order chi connectivity index (χ0) is 15.8. The topological polar surface area (TPSA) is 17.1 Å². The predicted molar refractivity (Wildman–Crippen MR) is 95.9 cm³/mol. The van der Waals surface area contributed by atoms with Crippen LogP contribution in [0.25, 0.3) is 0 Å². The van der Waals surface area contributed by atoms with Crippen LogP contribution in [0.4, 0.5) is 0 Å². The van der Waals surface area contributed by atoms with Crippen LogP contribution >= 0.6 is 23.2 Å². The van der Waals surface area contributed by atoms with Gasteiger partial charge < -0.3 is 0 Å². The number of carbonyl (C=O) groups is 1. The van der Waals surface area contributed by atoms with Gasteiger partial charge in [-0.2, -0.15) is 0 Å². The molecule has 0 aromatic rings. The van der Waals surface area contributed by atoms with E-state index in [2.05, 4.69) is 0 Å². The van der Waals surface area contributed by atoms with Gasteiger partial charge in [-0.05, 0) is 37.5 Å². The first-order valence-corrected chi connectivity index (χ1v) is 10.4. The minimum atomic E-state index is -0.356. The standard InChI is InChI=1S/C19H32Cl2O/c20-17(15-11-7-3-1-4-8-12-15)19(22)18(21)16-13-9-5-2-6-10-14-16/h15-18H,1-14H2. The van der Waals surface area contributed by atoms with Crippen molar-refractivity contribution in [3.8, 4) is 0 Å². The molecule has 2 aliphatic carbocycles. The summed E-state index contributed by atoms with van der Waals surface area (Å²) in [5.74, 6) is 0.827. The molecule has 0 aliphatic heterocycles. The van der Waals surface area contributed by atoms with E-state index < -0.39 is 0 Å². The van der Waals surface area contributed by atoms with Crippen LogP contribution in [0.2, 0.25) is 0 Å². The first-order chi connectivity index (χ1) is 10.7. The van der Waals surface area contributed by atoms with Crippen LogP contribution < -0.4 is 0 Å². The van der Waals surface area contributed by atoms with Gasteiger partial charge in [0.25, 0.3) is 0 Å². The van der Waals surface area contributed by atoms with E-state index in [0.29, 0.717) is 11.8 Å². The molecule has 0 amide bonds. The van der Waals surface area contributed by atoms with Gasteiger partial charge in [0.2, 0.25) is 0 Å². The van der Waals surface area contributed by atoms with Crippen LogP contribution in [0.1, 0.15) is 89.9 Å². The Balaban J connectivity index is 1.89. The minimum Gasteiger partial charge on any atom is -0.296 e. The number of carbonyl (C=O) groups excluding carboxylic acids is 1. The van der Waals surface area contributed by atoms with E-state index in [1.165, 1.54) is 64.2 Å². The quantitative estimate of drug-likeness (QED) is 0.531. The zero-order valence-corrected chi connectivity index (χ0v) is 15.4. The molecule has 2 atom stereocenters. The molecule has 0 radical (unpaired) electrons. The van der Waals surface area contributed by atoms with E-state index in [9.17, 15) is 4.79 Å². The molecule has 128 valence electrons. The highest BCUT2D eigenvalue weighted by atomic mass is 35.5. The third kappa shape index (κ3) is 5.71. The predicted octanol–water partition coefficient (Wildman–Crippen LogP) is 6.49. The van der Waals surface area contributed by atoms with Gasteiger partial charge in [0.15, 0.2) is 5.78 Å². The fourth-order valence-corrected chi connectivity index (χ4v) is 5.02. The van der Waals surface area contributed by atoms with Crippen molar-refractivity contribution in [3.05, 3.63) is 0 Å². The van der Waals surface area contributed by atoms with Crippen molar-refractivity contribution in [2.24, 2.45) is 11.8 Å². The van der Waals surface area contributed by atoms with Crippen LogP contribution in [0.15, 0.2) is 0 Å². The van der Waals surface area contributed by atoms with Gasteiger partial charge in [0, 0.05) is 0 Å². The average molecular weight is 347 g/mol. The number of ketones is 1. The summed E-state index contributed by atoms with van der Waals surface area (Å²) in [6, 6.07) is 0. The Hall–Kier alpha value is 0.250. The molecule has 0 heterocycles. The molecule has 0 aromatic carbocycles. The van der Waals surface area contributed by atoms with E-state index in [1.54, 1.807) is 0 Å². The highest BCUT2D eigenvalue weighted by Crippen LogP contribution is 2.33. The fraction of sp³-hybridized carbons (Fsp3) is 0.947. The smallest absolute Gasteiger partial charge is 0.168 e. The van der Waals surface area contributed by atoms with Crippen LogP contribution in [0, 0.1) is 11.8 Å². The maximum Gasteiger partial charge on any atom is 0.168 e. The monoisotopic (exact) mass is 346 g/mol. The summed E-state index contributed by atoms with van der Waals surface area (Å²) < 4.78 is 0. The molecule has 0 spiro atoms. The van der Waals surface area contributed by atoms with Gasteiger partial charge in [0.1, 0.15) is 0 Å². The molecular formula is C19H32Cl2O. The molecular weight excluding hydrogens is 315 g/mol. The normalized spacial score (nSPS) is 26.3. The molecule has 2 rings (SSSR count). The Bertz CT molecular complexity index is 285. The van der Waals surface area contributed by atoms with Crippen molar-refractivity contribution in [1.82, 2.24) is 0 Å². The number of hydrogen-bond donors (Lipinski definition) is 0. The van der Waals surface area contributed by atoms with E-state index in [4.69, 9.17) is 23.2 Å². The molecule has 3 heteroatoms. The SMILES string of the molecule is O=C(C(Cl)C1CCCCCCC1)C(Cl)C1CCCCCCC1. The number of halogens is 2. The lowest BCUT2D eigenvalue weighted by Crippen LogP contribution is -2.36. The summed E-state index contributed by atoms with van der Waals surface area (Å²) >= 11 is 13.2. The Morgan fingerprint density at radius 2 is 0.864 bits per heavy atom. The second-order valence-electron chi connectivity index (χ2n) is 7.42. The lowest BCUT2D eigenvalue weighted by molar-refractivity contribution is -0.120. The molecule has 2 saturated carbocycles. The first-order valence-electron chi connectivity index (χ1n) is 9.52. The van der Waals surface area contributed by atoms with Crippen LogP contribution in [-0.2, 0) is 4.79 Å². The van der Waals surface area contributed by atoms with E-state index in [1.807, 2.05) is 0 Å². The highest BCUT2D eigenvalue weighted by molar-refractivity contribution is 6.40. The largest absolute Gasteiger partial charge is 0.296 e. The summed E-state index contributed by atoms with van der Waals surface area (Å²) in [6.07, 6.45) is 17.2. The van der Waals surface area contributed by atoms with Crippen molar-refractivity contribution in [3.63, 3.8) is 0 Å². The average Bonchev–Trinajstić information content (AvgIpc) is 2.44. The molecule has 0 saturated heterocycles. The lowest BCUT2D eigenvalue weighted by atomic mass is 9.82. The Morgan fingerprint density at radius 3 is 1.18 bits per heavy atom. The summed E-state index contributed by atoms with van der Waals surface area (Å²) in [5.41, 5.74) is 0. The van der Waals surface area contributed by atoms with Crippen LogP contribution in [0.3, 0.4) is 0 Å². The summed E-state index contributed by atoms with van der Waals surface area (Å²) in [4.78, 5) is 12.8. The van der Waals surface area contributed by atoms with E-state index in [-0.39, 0.29) is 16.5 Å². The number of rotatable bonds is 4. The Kier molecular flexibility index (Phi) is 8.60. The molecule has 2 unspecified atom stereocenters. The summed E-state index contributed by atoms with van der Waals surface area (Å²) in [6.45, 7) is 0. The molecule has 2 fully saturated rings. The number of hydrogen-bond acceptors (Lipinski definition) is 1. The van der Waals surface area contributed by atoms with Crippen molar-refractivity contribution in [1.29, 1.82) is 0 Å². The third-order valence-corrected chi connectivity index (χ3v) is 6.81. The van der Waals surface area contributed by atoms with Gasteiger partial charge in [-0.25, -0.2) is 0 Å². The summed E-state index contributed by atoms with van der Waals surface area (Å²) in [7, 11) is 0. The first kappa shape index (κ1) is 18.6. The van der Waals surface area contributed by atoms with Gasteiger partial charge in [-0.3, -0.25) is 4.79 Å². The second-order valence-corrected chi connectivity index (χ2v) is 8.36. The van der Waals surface area contributed by atoms with Crippen molar-refractivity contribution < 1.29 is 4.79 Å². The number of alkyl halides is 2. The summed E-state index contributed by atoms with van der Waals surface area (Å²) in [5, 5.41) is -0.711. The molecule has 22 heavy (non-hydrogen) atoms. The van der Waals surface area contributed by atoms with Gasteiger partial charge in [-0.1, -0.05) is 64.2 Å². The van der Waals surface area contributed by atoms with Gasteiger partial charge >= 0.3 is 0 Å². The minimum absolute atomic E-state index is 0.125. The maximum atomic E-state index is 12.8. The zero-order valence-electron chi connectivity index (χ0n) is 13.9. The Labute approximate surface area is 146 Å². The molecule has 0 aromatic heterocycles. The van der Waals surface area contributed by atoms with Gasteiger partial charge in [-0.15, -0.1) is 23.2 Å². The molecule has 0 N–H and O–H groups in total. The van der Waals surface area contributed by atoms with Crippen molar-refractivity contribution >= 4 is 29.0 Å². The highest BCUT2D eigenvalue weighted by Gasteiger charge is 2.34. The fourth-order valence-electron chi connectivity index (χ4n) is 4.18. The van der Waals surface area contributed by atoms with Crippen LogP contribution in [-0.4, -0.2) is 16.5 Å². The molecule has 2 aliphatic rings.